The number of carbonyl (C=O) groups is 4. The van der Waals surface area contributed by atoms with Crippen LogP contribution in [0.15, 0.2) is 35.9 Å². The lowest BCUT2D eigenvalue weighted by atomic mass is 9.72. The van der Waals surface area contributed by atoms with E-state index >= 15 is 0 Å². The standard InChI is InChI=1S/C21H26O8/c1-20(16(22)26-3,17(23)27-4)13-15(12-14-10-8-7-9-11-14)21(2,18(24)28-5)19(25)29-6/h7-12H,13H2,1-6H3/b15-12+. The zero-order valence-electron chi connectivity index (χ0n) is 17.4. The van der Waals surface area contributed by atoms with Crippen molar-refractivity contribution in [3.8, 4) is 0 Å². The van der Waals surface area contributed by atoms with Crippen molar-refractivity contribution in [2.75, 3.05) is 28.4 Å². The first-order valence-corrected chi connectivity index (χ1v) is 8.71. The molecule has 8 heteroatoms. The molecule has 0 spiro atoms. The van der Waals surface area contributed by atoms with Gasteiger partial charge in [0.15, 0.2) is 10.8 Å². The van der Waals surface area contributed by atoms with Crippen molar-refractivity contribution in [3.63, 3.8) is 0 Å². The van der Waals surface area contributed by atoms with E-state index in [4.69, 9.17) is 18.9 Å². The molecule has 0 unspecified atom stereocenters. The maximum atomic E-state index is 12.6. The predicted octanol–water partition coefficient (Wildman–Crippen LogP) is 2.16. The number of esters is 4. The Balaban J connectivity index is 3.74. The van der Waals surface area contributed by atoms with Gasteiger partial charge >= 0.3 is 23.9 Å². The normalized spacial score (nSPS) is 12.0. The molecular weight excluding hydrogens is 380 g/mol. The molecule has 158 valence electrons. The molecule has 0 N–H and O–H groups in total. The Labute approximate surface area is 169 Å². The highest BCUT2D eigenvalue weighted by molar-refractivity contribution is 6.05. The predicted molar refractivity (Wildman–Crippen MR) is 103 cm³/mol. The van der Waals surface area contributed by atoms with E-state index in [9.17, 15) is 19.2 Å². The average Bonchev–Trinajstić information content (AvgIpc) is 2.75. The fourth-order valence-electron chi connectivity index (χ4n) is 2.94. The molecule has 0 aliphatic carbocycles. The zero-order chi connectivity index (χ0) is 22.2. The molecule has 8 nitrogen and oxygen atoms in total. The number of rotatable bonds is 8. The van der Waals surface area contributed by atoms with Gasteiger partial charge in [-0.25, -0.2) is 0 Å². The number of ether oxygens (including phenoxy) is 4. The first-order chi connectivity index (χ1) is 13.6. The molecule has 0 atom stereocenters. The Morgan fingerprint density at radius 3 is 1.55 bits per heavy atom. The molecule has 0 saturated heterocycles. The third kappa shape index (κ3) is 4.82. The van der Waals surface area contributed by atoms with Gasteiger partial charge in [0.05, 0.1) is 28.4 Å². The lowest BCUT2D eigenvalue weighted by molar-refractivity contribution is -0.171. The highest BCUT2D eigenvalue weighted by atomic mass is 16.6. The van der Waals surface area contributed by atoms with E-state index in [1.807, 2.05) is 0 Å². The molecule has 0 radical (unpaired) electrons. The number of benzene rings is 1. The van der Waals surface area contributed by atoms with Crippen LogP contribution in [0.5, 0.6) is 0 Å². The monoisotopic (exact) mass is 406 g/mol. The highest BCUT2D eigenvalue weighted by Gasteiger charge is 2.53. The van der Waals surface area contributed by atoms with Gasteiger partial charge in [0.25, 0.3) is 0 Å². The number of methoxy groups -OCH3 is 4. The Morgan fingerprint density at radius 1 is 0.759 bits per heavy atom. The summed E-state index contributed by atoms with van der Waals surface area (Å²) in [5, 5.41) is 0. The van der Waals surface area contributed by atoms with Crippen molar-refractivity contribution >= 4 is 30.0 Å². The molecule has 1 aromatic carbocycles. The van der Waals surface area contributed by atoms with Crippen LogP contribution in [0.25, 0.3) is 6.08 Å². The average molecular weight is 406 g/mol. The molecular formula is C21H26O8. The Hall–Kier alpha value is -3.16. The molecule has 0 saturated carbocycles. The molecule has 0 aliphatic rings. The summed E-state index contributed by atoms with van der Waals surface area (Å²) in [6.07, 6.45) is 1.19. The maximum Gasteiger partial charge on any atom is 0.327 e. The van der Waals surface area contributed by atoms with Gasteiger partial charge in [-0.15, -0.1) is 0 Å². The minimum absolute atomic E-state index is 0.126. The van der Waals surface area contributed by atoms with Crippen LogP contribution in [0.3, 0.4) is 0 Å². The molecule has 0 fully saturated rings. The van der Waals surface area contributed by atoms with E-state index in [0.29, 0.717) is 5.56 Å². The van der Waals surface area contributed by atoms with E-state index in [1.54, 1.807) is 30.3 Å². The summed E-state index contributed by atoms with van der Waals surface area (Å²) in [6, 6.07) is 8.79. The van der Waals surface area contributed by atoms with E-state index in [2.05, 4.69) is 0 Å². The SMILES string of the molecule is COC(=O)C(C)(C/C(=C\c1ccccc1)C(C)(C(=O)OC)C(=O)OC)C(=O)OC. The van der Waals surface area contributed by atoms with Gasteiger partial charge in [-0.05, 0) is 31.4 Å². The van der Waals surface area contributed by atoms with E-state index in [0.717, 1.165) is 28.4 Å². The molecule has 29 heavy (non-hydrogen) atoms. The van der Waals surface area contributed by atoms with Crippen molar-refractivity contribution < 1.29 is 38.1 Å². The van der Waals surface area contributed by atoms with Gasteiger partial charge < -0.3 is 18.9 Å². The Morgan fingerprint density at radius 2 is 1.17 bits per heavy atom. The van der Waals surface area contributed by atoms with Gasteiger partial charge in [0.1, 0.15) is 0 Å². The first kappa shape index (κ1) is 23.9. The van der Waals surface area contributed by atoms with E-state index in [1.165, 1.54) is 19.9 Å². The quantitative estimate of drug-likeness (QED) is 0.367. The summed E-state index contributed by atoms with van der Waals surface area (Å²) in [4.78, 5) is 50.2. The van der Waals surface area contributed by atoms with Crippen LogP contribution in [0.1, 0.15) is 25.8 Å². The molecule has 1 aromatic rings. The fourth-order valence-corrected chi connectivity index (χ4v) is 2.94. The number of hydrogen-bond acceptors (Lipinski definition) is 8. The van der Waals surface area contributed by atoms with Crippen LogP contribution in [-0.2, 0) is 38.1 Å². The molecule has 0 aromatic heterocycles. The number of carbonyl (C=O) groups excluding carboxylic acids is 4. The van der Waals surface area contributed by atoms with Crippen molar-refractivity contribution in [3.05, 3.63) is 41.5 Å². The van der Waals surface area contributed by atoms with E-state index in [-0.39, 0.29) is 12.0 Å². The topological polar surface area (TPSA) is 105 Å². The van der Waals surface area contributed by atoms with Crippen molar-refractivity contribution in [2.45, 2.75) is 20.3 Å². The molecule has 1 rings (SSSR count). The van der Waals surface area contributed by atoms with Gasteiger partial charge in [-0.1, -0.05) is 36.4 Å². The summed E-state index contributed by atoms with van der Waals surface area (Å²) in [6.45, 7) is 2.63. The van der Waals surface area contributed by atoms with Gasteiger partial charge in [-0.3, -0.25) is 19.2 Å². The molecule has 0 bridgehead atoms. The van der Waals surface area contributed by atoms with Gasteiger partial charge in [-0.2, -0.15) is 0 Å². The highest BCUT2D eigenvalue weighted by Crippen LogP contribution is 2.41. The Kier molecular flexibility index (Phi) is 8.12. The largest absolute Gasteiger partial charge is 0.468 e. The minimum atomic E-state index is -1.91. The summed E-state index contributed by atoms with van der Waals surface area (Å²) in [5.41, 5.74) is -2.96. The Bertz CT molecular complexity index is 762. The smallest absolute Gasteiger partial charge is 0.327 e. The van der Waals surface area contributed by atoms with Crippen LogP contribution >= 0.6 is 0 Å². The molecule has 0 amide bonds. The zero-order valence-corrected chi connectivity index (χ0v) is 17.4. The van der Waals surface area contributed by atoms with Crippen LogP contribution < -0.4 is 0 Å². The second-order valence-electron chi connectivity index (χ2n) is 6.68. The second kappa shape index (κ2) is 9.86. The summed E-state index contributed by atoms with van der Waals surface area (Å²) in [7, 11) is 4.51. The fraction of sp³-hybridized carbons (Fsp3) is 0.429. The molecule has 0 aliphatic heterocycles. The third-order valence-corrected chi connectivity index (χ3v) is 4.79. The van der Waals surface area contributed by atoms with Crippen LogP contribution in [0.4, 0.5) is 0 Å². The second-order valence-corrected chi connectivity index (χ2v) is 6.68. The van der Waals surface area contributed by atoms with Crippen LogP contribution in [0, 0.1) is 10.8 Å². The minimum Gasteiger partial charge on any atom is -0.468 e. The lowest BCUT2D eigenvalue weighted by Crippen LogP contribution is -2.45. The van der Waals surface area contributed by atoms with Crippen molar-refractivity contribution in [1.29, 1.82) is 0 Å². The third-order valence-electron chi connectivity index (χ3n) is 4.79. The summed E-state index contributed by atoms with van der Waals surface area (Å²) < 4.78 is 19.2. The number of hydrogen-bond donors (Lipinski definition) is 0. The maximum absolute atomic E-state index is 12.6. The summed E-state index contributed by atoms with van der Waals surface area (Å²) in [5.74, 6) is -3.55. The van der Waals surface area contributed by atoms with Crippen molar-refractivity contribution in [2.24, 2.45) is 10.8 Å². The van der Waals surface area contributed by atoms with Crippen LogP contribution in [0.2, 0.25) is 0 Å². The van der Waals surface area contributed by atoms with E-state index < -0.39 is 34.7 Å². The molecule has 0 heterocycles. The van der Waals surface area contributed by atoms with Crippen LogP contribution in [-0.4, -0.2) is 52.3 Å². The van der Waals surface area contributed by atoms with Gasteiger partial charge in [0.2, 0.25) is 0 Å². The lowest BCUT2D eigenvalue weighted by Gasteiger charge is -2.32. The summed E-state index contributed by atoms with van der Waals surface area (Å²) >= 11 is 0. The van der Waals surface area contributed by atoms with Crippen molar-refractivity contribution in [1.82, 2.24) is 0 Å². The first-order valence-electron chi connectivity index (χ1n) is 8.71. The van der Waals surface area contributed by atoms with Gasteiger partial charge in [0, 0.05) is 0 Å².